The molecular formula is C22H24N6O2S. The summed E-state index contributed by atoms with van der Waals surface area (Å²) in [7, 11) is 0. The topological polar surface area (TPSA) is 85.6 Å². The van der Waals surface area contributed by atoms with Crippen LogP contribution in [0.5, 0.6) is 0 Å². The molecule has 2 N–H and O–H groups in total. The van der Waals surface area contributed by atoms with Crippen molar-refractivity contribution in [3.05, 3.63) is 47.8 Å². The Morgan fingerprint density at radius 1 is 1.19 bits per heavy atom. The van der Waals surface area contributed by atoms with Crippen molar-refractivity contribution in [2.45, 2.75) is 31.1 Å². The van der Waals surface area contributed by atoms with Crippen molar-refractivity contribution in [1.82, 2.24) is 24.7 Å². The van der Waals surface area contributed by atoms with Crippen molar-refractivity contribution in [1.29, 1.82) is 0 Å². The Morgan fingerprint density at radius 3 is 3.03 bits per heavy atom. The number of fused-ring (bicyclic) bond motifs is 2. The lowest BCUT2D eigenvalue weighted by Crippen LogP contribution is -2.38. The standard InChI is InChI=1S/C22H24N6O2S/c1-2-15(13-23-6-1)25-21-24-7-5-16(26-21)20-19(27-22-28(20)8-11-31-22)14-3-4-17-18(12-14)30-10-9-29-17/h3-5,7-8,11-12,15,17-18,23H,1-2,6,9-10,13H2,(H,24,25,26)/t15-,17?,18?/m1/s1. The van der Waals surface area contributed by atoms with Crippen molar-refractivity contribution < 1.29 is 9.47 Å². The first-order valence-corrected chi connectivity index (χ1v) is 11.6. The first kappa shape index (κ1) is 19.1. The van der Waals surface area contributed by atoms with Crippen molar-refractivity contribution in [2.24, 2.45) is 0 Å². The quantitative estimate of drug-likeness (QED) is 0.650. The highest BCUT2D eigenvalue weighted by molar-refractivity contribution is 7.15. The zero-order valence-electron chi connectivity index (χ0n) is 17.0. The zero-order chi connectivity index (χ0) is 20.6. The maximum Gasteiger partial charge on any atom is 0.223 e. The van der Waals surface area contributed by atoms with E-state index in [9.17, 15) is 0 Å². The number of piperidine rings is 1. The molecule has 2 aliphatic heterocycles. The van der Waals surface area contributed by atoms with Crippen LogP contribution < -0.4 is 10.6 Å². The Kier molecular flexibility index (Phi) is 5.03. The van der Waals surface area contributed by atoms with Gasteiger partial charge in [-0.3, -0.25) is 4.40 Å². The van der Waals surface area contributed by atoms with Gasteiger partial charge in [-0.1, -0.05) is 12.2 Å². The summed E-state index contributed by atoms with van der Waals surface area (Å²) in [5.74, 6) is 0.652. The van der Waals surface area contributed by atoms with E-state index in [-0.39, 0.29) is 12.2 Å². The van der Waals surface area contributed by atoms with Gasteiger partial charge in [0.1, 0.15) is 17.9 Å². The van der Waals surface area contributed by atoms with Gasteiger partial charge in [0, 0.05) is 35.9 Å². The molecule has 8 nitrogen and oxygen atoms in total. The van der Waals surface area contributed by atoms with Crippen molar-refractivity contribution in [3.63, 3.8) is 0 Å². The van der Waals surface area contributed by atoms with Crippen molar-refractivity contribution in [3.8, 4) is 11.4 Å². The van der Waals surface area contributed by atoms with E-state index in [1.807, 2.05) is 23.8 Å². The highest BCUT2D eigenvalue weighted by Gasteiger charge is 2.28. The zero-order valence-corrected chi connectivity index (χ0v) is 17.8. The highest BCUT2D eigenvalue weighted by atomic mass is 32.1. The van der Waals surface area contributed by atoms with E-state index in [0.29, 0.717) is 25.2 Å². The molecule has 6 rings (SSSR count). The first-order chi connectivity index (χ1) is 15.3. The normalized spacial score (nSPS) is 25.9. The fraction of sp³-hybridized carbons (Fsp3) is 0.409. The summed E-state index contributed by atoms with van der Waals surface area (Å²) in [6, 6.07) is 2.30. The predicted octanol–water partition coefficient (Wildman–Crippen LogP) is 2.75. The predicted molar refractivity (Wildman–Crippen MR) is 120 cm³/mol. The summed E-state index contributed by atoms with van der Waals surface area (Å²) in [5, 5.41) is 8.95. The van der Waals surface area contributed by atoms with Crippen LogP contribution in [-0.2, 0) is 9.47 Å². The molecule has 0 aromatic carbocycles. The number of allylic oxidation sites excluding steroid dienone is 2. The smallest absolute Gasteiger partial charge is 0.223 e. The van der Waals surface area contributed by atoms with Crippen LogP contribution in [0.2, 0.25) is 0 Å². The Bertz CT molecular complexity index is 1150. The Morgan fingerprint density at radius 2 is 2.13 bits per heavy atom. The van der Waals surface area contributed by atoms with Crippen LogP contribution in [0.3, 0.4) is 0 Å². The molecule has 0 radical (unpaired) electrons. The van der Waals surface area contributed by atoms with E-state index in [0.717, 1.165) is 53.5 Å². The molecule has 160 valence electrons. The molecule has 9 heteroatoms. The molecule has 31 heavy (non-hydrogen) atoms. The number of rotatable bonds is 4. The highest BCUT2D eigenvalue weighted by Crippen LogP contribution is 2.34. The van der Waals surface area contributed by atoms with Crippen LogP contribution >= 0.6 is 11.3 Å². The number of nitrogens with zero attached hydrogens (tertiary/aromatic N) is 4. The van der Waals surface area contributed by atoms with E-state index >= 15 is 0 Å². The molecule has 1 aliphatic carbocycles. The molecule has 2 fully saturated rings. The average molecular weight is 437 g/mol. The number of aromatic nitrogens is 4. The Balaban J connectivity index is 1.38. The van der Waals surface area contributed by atoms with Crippen molar-refractivity contribution in [2.75, 3.05) is 31.6 Å². The lowest BCUT2D eigenvalue weighted by molar-refractivity contribution is -0.101. The van der Waals surface area contributed by atoms with Gasteiger partial charge < -0.3 is 20.1 Å². The van der Waals surface area contributed by atoms with Gasteiger partial charge in [-0.15, -0.1) is 11.3 Å². The van der Waals surface area contributed by atoms with Gasteiger partial charge in [0.15, 0.2) is 4.96 Å². The molecule has 3 aromatic rings. The molecular weight excluding hydrogens is 412 g/mol. The number of hydrogen-bond donors (Lipinski definition) is 2. The van der Waals surface area contributed by atoms with E-state index in [1.165, 1.54) is 0 Å². The van der Waals surface area contributed by atoms with Gasteiger partial charge >= 0.3 is 0 Å². The van der Waals surface area contributed by atoms with Gasteiger partial charge in [-0.25, -0.2) is 15.0 Å². The van der Waals surface area contributed by atoms with Crippen LogP contribution in [0, 0.1) is 0 Å². The third kappa shape index (κ3) is 3.67. The Hall–Kier alpha value is -2.59. The third-order valence-electron chi connectivity index (χ3n) is 5.90. The molecule has 0 spiro atoms. The number of thiazole rings is 1. The van der Waals surface area contributed by atoms with Crippen molar-refractivity contribution >= 4 is 27.8 Å². The molecule has 0 bridgehead atoms. The third-order valence-corrected chi connectivity index (χ3v) is 6.66. The van der Waals surface area contributed by atoms with E-state index < -0.39 is 0 Å². The maximum atomic E-state index is 5.91. The van der Waals surface area contributed by atoms with Crippen LogP contribution in [0.15, 0.2) is 42.1 Å². The van der Waals surface area contributed by atoms with Gasteiger partial charge in [-0.05, 0) is 31.5 Å². The largest absolute Gasteiger partial charge is 0.369 e. The fourth-order valence-electron chi connectivity index (χ4n) is 4.40. The summed E-state index contributed by atoms with van der Waals surface area (Å²) in [4.78, 5) is 15.2. The summed E-state index contributed by atoms with van der Waals surface area (Å²) in [6.07, 6.45) is 12.3. The van der Waals surface area contributed by atoms with Gasteiger partial charge in [0.05, 0.1) is 24.6 Å². The lowest BCUT2D eigenvalue weighted by Gasteiger charge is -2.30. The molecule has 0 saturated carbocycles. The SMILES string of the molecule is C1=CC2OCCOC2C=C1c1nc2sccn2c1-c1ccnc(N[C@@H]2CCCNC2)n1. The van der Waals surface area contributed by atoms with Gasteiger partial charge in [0.25, 0.3) is 0 Å². The summed E-state index contributed by atoms with van der Waals surface area (Å²) >= 11 is 1.61. The summed E-state index contributed by atoms with van der Waals surface area (Å²) < 4.78 is 13.8. The number of anilines is 1. The lowest BCUT2D eigenvalue weighted by atomic mass is 9.97. The number of imidazole rings is 1. The molecule has 3 aromatic heterocycles. The Labute approximate surface area is 184 Å². The second-order valence-corrected chi connectivity index (χ2v) is 8.84. The molecule has 2 unspecified atom stereocenters. The average Bonchev–Trinajstić information content (AvgIpc) is 3.41. The first-order valence-electron chi connectivity index (χ1n) is 10.7. The van der Waals surface area contributed by atoms with Crippen LogP contribution in [-0.4, -0.2) is 63.9 Å². The number of ether oxygens (including phenoxy) is 2. The minimum absolute atomic E-state index is 0.0244. The number of hydrogen-bond acceptors (Lipinski definition) is 8. The second-order valence-electron chi connectivity index (χ2n) is 7.97. The number of nitrogens with one attached hydrogen (secondary N) is 2. The van der Waals surface area contributed by atoms with E-state index in [4.69, 9.17) is 19.4 Å². The monoisotopic (exact) mass is 436 g/mol. The van der Waals surface area contributed by atoms with E-state index in [1.54, 1.807) is 11.3 Å². The minimum Gasteiger partial charge on any atom is -0.369 e. The fourth-order valence-corrected chi connectivity index (χ4v) is 5.12. The van der Waals surface area contributed by atoms with Crippen LogP contribution in [0.25, 0.3) is 21.9 Å². The summed E-state index contributed by atoms with van der Waals surface area (Å²) in [5.41, 5.74) is 3.75. The molecule has 3 atom stereocenters. The summed E-state index contributed by atoms with van der Waals surface area (Å²) in [6.45, 7) is 3.25. The van der Waals surface area contributed by atoms with Crippen LogP contribution in [0.4, 0.5) is 5.95 Å². The molecule has 5 heterocycles. The molecule has 0 amide bonds. The minimum atomic E-state index is -0.0808. The molecule has 2 saturated heterocycles. The second kappa shape index (κ2) is 8.16. The maximum absolute atomic E-state index is 5.91. The molecule has 3 aliphatic rings. The van der Waals surface area contributed by atoms with Gasteiger partial charge in [0.2, 0.25) is 5.95 Å². The van der Waals surface area contributed by atoms with Crippen LogP contribution in [0.1, 0.15) is 18.5 Å². The van der Waals surface area contributed by atoms with E-state index in [2.05, 4.69) is 38.2 Å². The van der Waals surface area contributed by atoms with Gasteiger partial charge in [-0.2, -0.15) is 0 Å².